The van der Waals surface area contributed by atoms with Crippen LogP contribution in [-0.2, 0) is 0 Å². The Balaban J connectivity index is 3.70. The van der Waals surface area contributed by atoms with Crippen molar-refractivity contribution < 1.29 is 0 Å². The fourth-order valence-electron chi connectivity index (χ4n) is 2.77. The van der Waals surface area contributed by atoms with Gasteiger partial charge in [-0.05, 0) is 85.5 Å². The zero-order chi connectivity index (χ0) is 17.1. The standard InChI is InChI=1S/C16H32N4P2/c1-10-11-12-16-13-21(17(2)3,18(4)5)15-22(14-16,19(6)7)20(8)9/h1,13-15H,11-12H2,2-9H3. The van der Waals surface area contributed by atoms with Crippen LogP contribution in [0.25, 0.3) is 0 Å². The van der Waals surface area contributed by atoms with E-state index < -0.39 is 14.4 Å². The van der Waals surface area contributed by atoms with Crippen LogP contribution in [-0.4, -0.2) is 86.4 Å². The lowest BCUT2D eigenvalue weighted by Crippen LogP contribution is -2.30. The third-order valence-electron chi connectivity index (χ3n) is 4.17. The summed E-state index contributed by atoms with van der Waals surface area (Å²) >= 11 is 0. The number of terminal acetylenes is 1. The Morgan fingerprint density at radius 1 is 0.864 bits per heavy atom. The Morgan fingerprint density at radius 3 is 1.68 bits per heavy atom. The SMILES string of the molecule is C#CCCC1=CP(N(C)C)(N(C)C)=CP(N(C)C)(N(C)C)=C1. The van der Waals surface area contributed by atoms with Crippen LogP contribution < -0.4 is 0 Å². The highest BCUT2D eigenvalue weighted by molar-refractivity contribution is 7.98. The summed E-state index contributed by atoms with van der Waals surface area (Å²) in [5.41, 5.74) is 4.01. The van der Waals surface area contributed by atoms with Gasteiger partial charge in [-0.25, -0.2) is 0 Å². The number of rotatable bonds is 6. The van der Waals surface area contributed by atoms with Gasteiger partial charge in [-0.15, -0.1) is 12.3 Å². The molecule has 0 amide bonds. The first kappa shape index (κ1) is 19.8. The second kappa shape index (κ2) is 7.54. The molecule has 1 rings (SSSR count). The molecule has 0 saturated heterocycles. The van der Waals surface area contributed by atoms with E-state index in [1.165, 1.54) is 5.57 Å². The highest BCUT2D eigenvalue weighted by Crippen LogP contribution is 2.65. The molecule has 6 heteroatoms. The van der Waals surface area contributed by atoms with Gasteiger partial charge >= 0.3 is 0 Å². The summed E-state index contributed by atoms with van der Waals surface area (Å²) in [6.45, 7) is 0. The van der Waals surface area contributed by atoms with Crippen molar-refractivity contribution in [2.45, 2.75) is 12.8 Å². The van der Waals surface area contributed by atoms with E-state index in [4.69, 9.17) is 6.42 Å². The van der Waals surface area contributed by atoms with E-state index in [1.807, 2.05) is 0 Å². The molecule has 0 radical (unpaired) electrons. The molecular formula is C16H32N4P2. The van der Waals surface area contributed by atoms with Gasteiger partial charge in [-0.2, -0.15) is 0 Å². The lowest BCUT2D eigenvalue weighted by atomic mass is 10.2. The van der Waals surface area contributed by atoms with Crippen LogP contribution in [0.1, 0.15) is 12.8 Å². The molecule has 1 heterocycles. The van der Waals surface area contributed by atoms with Crippen LogP contribution in [0.5, 0.6) is 0 Å². The van der Waals surface area contributed by atoms with Crippen molar-refractivity contribution in [1.82, 2.24) is 18.7 Å². The van der Waals surface area contributed by atoms with Gasteiger partial charge in [0.25, 0.3) is 0 Å². The molecule has 0 aliphatic carbocycles. The van der Waals surface area contributed by atoms with Crippen molar-refractivity contribution in [3.8, 4) is 12.3 Å². The second-order valence-corrected chi connectivity index (χ2v) is 13.9. The number of nitrogens with zero attached hydrogens (tertiary/aromatic N) is 4. The number of hydrogen-bond donors (Lipinski definition) is 0. The van der Waals surface area contributed by atoms with Gasteiger partial charge in [0.1, 0.15) is 0 Å². The van der Waals surface area contributed by atoms with Gasteiger partial charge in [-0.3, -0.25) is 18.7 Å². The highest BCUT2D eigenvalue weighted by Gasteiger charge is 2.32. The predicted octanol–water partition coefficient (Wildman–Crippen LogP) is 2.80. The van der Waals surface area contributed by atoms with Crippen LogP contribution >= 0.6 is 14.4 Å². The molecule has 4 nitrogen and oxygen atoms in total. The van der Waals surface area contributed by atoms with Crippen molar-refractivity contribution in [3.63, 3.8) is 0 Å². The van der Waals surface area contributed by atoms with E-state index >= 15 is 0 Å². The third-order valence-corrected chi connectivity index (χ3v) is 13.4. The summed E-state index contributed by atoms with van der Waals surface area (Å²) < 4.78 is 9.55. The molecule has 0 aromatic carbocycles. The molecule has 1 aliphatic rings. The maximum atomic E-state index is 5.50. The summed E-state index contributed by atoms with van der Waals surface area (Å²) in [6, 6.07) is 0. The Kier molecular flexibility index (Phi) is 6.78. The minimum absolute atomic E-state index is 0.796. The molecule has 0 aromatic heterocycles. The predicted molar refractivity (Wildman–Crippen MR) is 107 cm³/mol. The second-order valence-electron chi connectivity index (χ2n) is 6.44. The molecule has 0 atom stereocenters. The summed E-state index contributed by atoms with van der Waals surface area (Å²) in [5.74, 6) is 7.72. The van der Waals surface area contributed by atoms with E-state index in [1.54, 1.807) is 0 Å². The summed E-state index contributed by atoms with van der Waals surface area (Å²) in [7, 11) is 14.3. The lowest BCUT2D eigenvalue weighted by Gasteiger charge is -2.46. The van der Waals surface area contributed by atoms with Crippen LogP contribution in [0.2, 0.25) is 0 Å². The van der Waals surface area contributed by atoms with E-state index in [2.05, 4.69) is 98.1 Å². The van der Waals surface area contributed by atoms with Gasteiger partial charge < -0.3 is 0 Å². The Bertz CT molecular complexity index is 534. The molecule has 126 valence electrons. The van der Waals surface area contributed by atoms with Crippen LogP contribution in [0.4, 0.5) is 0 Å². The molecule has 0 saturated carbocycles. The van der Waals surface area contributed by atoms with Gasteiger partial charge in [0, 0.05) is 20.8 Å². The van der Waals surface area contributed by atoms with E-state index in [0.29, 0.717) is 0 Å². The smallest absolute Gasteiger partial charge is 0.0393 e. The minimum Gasteiger partial charge on any atom is -0.275 e. The fraction of sp³-hybridized carbons (Fsp3) is 0.625. The van der Waals surface area contributed by atoms with E-state index in [0.717, 1.165) is 12.8 Å². The Hall–Kier alpha value is -0.260. The molecule has 0 bridgehead atoms. The Labute approximate surface area is 137 Å². The topological polar surface area (TPSA) is 13.0 Å². The minimum atomic E-state index is -1.61. The van der Waals surface area contributed by atoms with E-state index in [9.17, 15) is 0 Å². The highest BCUT2D eigenvalue weighted by atomic mass is 31.2. The largest absolute Gasteiger partial charge is 0.275 e. The molecule has 0 fully saturated rings. The molecule has 0 unspecified atom stereocenters. The molecule has 1 aliphatic heterocycles. The first-order valence-electron chi connectivity index (χ1n) is 7.48. The molecule has 0 spiro atoms. The average Bonchev–Trinajstić information content (AvgIpc) is 2.43. The maximum Gasteiger partial charge on any atom is 0.0393 e. The first-order valence-corrected chi connectivity index (χ1v) is 11.1. The van der Waals surface area contributed by atoms with Crippen molar-refractivity contribution in [3.05, 3.63) is 11.4 Å². The molecule has 0 aromatic rings. The van der Waals surface area contributed by atoms with Crippen molar-refractivity contribution in [1.29, 1.82) is 0 Å². The quantitative estimate of drug-likeness (QED) is 0.544. The monoisotopic (exact) mass is 342 g/mol. The fourth-order valence-corrected chi connectivity index (χ4v) is 12.5. The molecule has 0 N–H and O–H groups in total. The molecular weight excluding hydrogens is 310 g/mol. The summed E-state index contributed by atoms with van der Waals surface area (Å²) in [4.78, 5) is 0. The maximum absolute atomic E-state index is 5.50. The van der Waals surface area contributed by atoms with E-state index in [-0.39, 0.29) is 0 Å². The van der Waals surface area contributed by atoms with Crippen molar-refractivity contribution in [2.24, 2.45) is 0 Å². The van der Waals surface area contributed by atoms with Gasteiger partial charge in [0.05, 0.1) is 0 Å². The van der Waals surface area contributed by atoms with Crippen molar-refractivity contribution in [2.75, 3.05) is 56.4 Å². The van der Waals surface area contributed by atoms with Gasteiger partial charge in [0.2, 0.25) is 0 Å². The van der Waals surface area contributed by atoms with Crippen LogP contribution in [0.15, 0.2) is 11.4 Å². The van der Waals surface area contributed by atoms with Gasteiger partial charge in [-0.1, -0.05) is 0 Å². The third kappa shape index (κ3) is 3.62. The number of hydrogen-bond acceptors (Lipinski definition) is 4. The lowest BCUT2D eigenvalue weighted by molar-refractivity contribution is 0.574. The Morgan fingerprint density at radius 2 is 1.32 bits per heavy atom. The summed E-state index contributed by atoms with van der Waals surface area (Å²) in [6.07, 6.45) is 7.25. The van der Waals surface area contributed by atoms with Crippen molar-refractivity contribution >= 4 is 25.7 Å². The summed E-state index contributed by atoms with van der Waals surface area (Å²) in [5, 5.41) is 0. The van der Waals surface area contributed by atoms with Gasteiger partial charge in [0.15, 0.2) is 0 Å². The average molecular weight is 342 g/mol. The first-order chi connectivity index (χ1) is 10.1. The zero-order valence-electron chi connectivity index (χ0n) is 15.4. The van der Waals surface area contributed by atoms with Crippen LogP contribution in [0.3, 0.4) is 0 Å². The van der Waals surface area contributed by atoms with Crippen LogP contribution in [0, 0.1) is 12.3 Å². The normalized spacial score (nSPS) is 19.9. The molecule has 22 heavy (non-hydrogen) atoms. The zero-order valence-corrected chi connectivity index (χ0v) is 17.2. The number of allylic oxidation sites excluding steroid dienone is 1.